The monoisotopic (exact) mass is 360 g/mol. The summed E-state index contributed by atoms with van der Waals surface area (Å²) in [5, 5.41) is 20.0. The maximum atomic E-state index is 13.4. The highest BCUT2D eigenvalue weighted by atomic mass is 16.5. The fourth-order valence-corrected chi connectivity index (χ4v) is 3.17. The number of aromatic hydroxyl groups is 2. The first-order valence-corrected chi connectivity index (χ1v) is 8.31. The van der Waals surface area contributed by atoms with Crippen molar-refractivity contribution < 1.29 is 19.4 Å². The van der Waals surface area contributed by atoms with Crippen molar-refractivity contribution in [3.05, 3.63) is 77.0 Å². The summed E-state index contributed by atoms with van der Waals surface area (Å²) < 4.78 is 11.4. The Hall–Kier alpha value is -3.73. The van der Waals surface area contributed by atoms with Gasteiger partial charge in [-0.15, -0.1) is 0 Å². The van der Waals surface area contributed by atoms with E-state index < -0.39 is 5.43 Å². The average Bonchev–Trinajstić information content (AvgIpc) is 2.68. The number of hydrogen-bond donors (Lipinski definition) is 2. The zero-order valence-electron chi connectivity index (χ0n) is 14.5. The maximum absolute atomic E-state index is 13.4. The summed E-state index contributed by atoms with van der Waals surface area (Å²) in [6.07, 6.45) is 0. The average molecular weight is 360 g/mol. The number of rotatable bonds is 3. The second kappa shape index (κ2) is 6.53. The van der Waals surface area contributed by atoms with Gasteiger partial charge in [-0.2, -0.15) is 0 Å². The summed E-state index contributed by atoms with van der Waals surface area (Å²) in [7, 11) is 1.53. The summed E-state index contributed by atoms with van der Waals surface area (Å²) in [6, 6.07) is 18.8. The number of methoxy groups -OCH3 is 1. The van der Waals surface area contributed by atoms with E-state index in [0.29, 0.717) is 22.6 Å². The van der Waals surface area contributed by atoms with E-state index in [1.54, 1.807) is 18.2 Å². The topological polar surface area (TPSA) is 79.9 Å². The fraction of sp³-hybridized carbons (Fsp3) is 0.0455. The molecule has 0 atom stereocenters. The molecule has 4 aromatic rings. The van der Waals surface area contributed by atoms with E-state index in [2.05, 4.69) is 0 Å². The number of fused-ring (bicyclic) bond motifs is 1. The number of phenolic OH excluding ortho intramolecular Hbond substituents is 2. The SMILES string of the molecule is COc1ccccc1-c1c(-c2ccccc2)oc2cc(O)cc(O)c2c1=O. The highest BCUT2D eigenvalue weighted by molar-refractivity contribution is 5.94. The van der Waals surface area contributed by atoms with Crippen LogP contribution in [0.1, 0.15) is 0 Å². The van der Waals surface area contributed by atoms with Crippen LogP contribution in [-0.2, 0) is 0 Å². The molecule has 0 unspecified atom stereocenters. The molecule has 0 fully saturated rings. The highest BCUT2D eigenvalue weighted by Gasteiger charge is 2.22. The van der Waals surface area contributed by atoms with E-state index in [9.17, 15) is 15.0 Å². The third-order valence-electron chi connectivity index (χ3n) is 4.37. The van der Waals surface area contributed by atoms with Crippen molar-refractivity contribution in [2.45, 2.75) is 0 Å². The smallest absolute Gasteiger partial charge is 0.205 e. The third-order valence-corrected chi connectivity index (χ3v) is 4.37. The quantitative estimate of drug-likeness (QED) is 0.560. The summed E-state index contributed by atoms with van der Waals surface area (Å²) >= 11 is 0. The van der Waals surface area contributed by atoms with Crippen molar-refractivity contribution in [1.82, 2.24) is 0 Å². The molecule has 0 aliphatic carbocycles. The second-order valence-corrected chi connectivity index (χ2v) is 6.04. The first kappa shape index (κ1) is 16.7. The Morgan fingerprint density at radius 3 is 2.37 bits per heavy atom. The van der Waals surface area contributed by atoms with Gasteiger partial charge in [0, 0.05) is 23.3 Å². The number of phenols is 2. The Labute approximate surface area is 154 Å². The molecule has 1 aromatic heterocycles. The van der Waals surface area contributed by atoms with Gasteiger partial charge in [-0.3, -0.25) is 4.79 Å². The zero-order chi connectivity index (χ0) is 19.0. The van der Waals surface area contributed by atoms with Gasteiger partial charge in [-0.1, -0.05) is 48.5 Å². The van der Waals surface area contributed by atoms with Gasteiger partial charge in [0.25, 0.3) is 0 Å². The van der Waals surface area contributed by atoms with E-state index in [1.807, 2.05) is 36.4 Å². The van der Waals surface area contributed by atoms with Crippen molar-refractivity contribution >= 4 is 11.0 Å². The molecule has 0 radical (unpaired) electrons. The summed E-state index contributed by atoms with van der Waals surface area (Å²) in [6.45, 7) is 0. The molecule has 5 nitrogen and oxygen atoms in total. The predicted octanol–water partition coefficient (Wildman–Crippen LogP) is 4.55. The van der Waals surface area contributed by atoms with Gasteiger partial charge in [0.05, 0.1) is 12.7 Å². The standard InChI is InChI=1S/C22H16O5/c1-26-17-10-6-5-9-15(17)19-21(25)20-16(24)11-14(23)12-18(20)27-22(19)13-7-3-2-4-8-13/h2-12,23-24H,1H3. The third kappa shape index (κ3) is 2.79. The van der Waals surface area contributed by atoms with E-state index >= 15 is 0 Å². The molecule has 5 heteroatoms. The summed E-state index contributed by atoms with van der Waals surface area (Å²) in [5.74, 6) is 0.323. The minimum atomic E-state index is -0.405. The van der Waals surface area contributed by atoms with Crippen LogP contribution in [0, 0.1) is 0 Å². The molecule has 0 saturated carbocycles. The fourth-order valence-electron chi connectivity index (χ4n) is 3.17. The van der Waals surface area contributed by atoms with E-state index in [-0.39, 0.29) is 28.0 Å². The van der Waals surface area contributed by atoms with Crippen LogP contribution in [0.5, 0.6) is 17.2 Å². The van der Waals surface area contributed by atoms with Crippen molar-refractivity contribution in [2.75, 3.05) is 7.11 Å². The van der Waals surface area contributed by atoms with Crippen LogP contribution in [0.15, 0.2) is 75.9 Å². The Bertz CT molecular complexity index is 1190. The van der Waals surface area contributed by atoms with Crippen LogP contribution >= 0.6 is 0 Å². The Balaban J connectivity index is 2.19. The molecule has 0 aliphatic heterocycles. The lowest BCUT2D eigenvalue weighted by Gasteiger charge is -2.14. The van der Waals surface area contributed by atoms with Gasteiger partial charge in [0.15, 0.2) is 0 Å². The molecule has 134 valence electrons. The number of benzene rings is 3. The highest BCUT2D eigenvalue weighted by Crippen LogP contribution is 2.39. The van der Waals surface area contributed by atoms with E-state index in [1.165, 1.54) is 13.2 Å². The van der Waals surface area contributed by atoms with Crippen molar-refractivity contribution in [3.63, 3.8) is 0 Å². The molecule has 2 N–H and O–H groups in total. The van der Waals surface area contributed by atoms with Crippen LogP contribution in [0.25, 0.3) is 33.4 Å². The molecule has 3 aromatic carbocycles. The second-order valence-electron chi connectivity index (χ2n) is 6.04. The molecule has 0 bridgehead atoms. The largest absolute Gasteiger partial charge is 0.508 e. The Morgan fingerprint density at radius 2 is 1.63 bits per heavy atom. The van der Waals surface area contributed by atoms with Gasteiger partial charge >= 0.3 is 0 Å². The number of ether oxygens (including phenoxy) is 1. The minimum absolute atomic E-state index is 0.00777. The van der Waals surface area contributed by atoms with Gasteiger partial charge in [0.1, 0.15) is 34.0 Å². The van der Waals surface area contributed by atoms with E-state index in [4.69, 9.17) is 9.15 Å². The lowest BCUT2D eigenvalue weighted by atomic mass is 9.97. The van der Waals surface area contributed by atoms with Gasteiger partial charge in [0.2, 0.25) is 5.43 Å². The molecular formula is C22H16O5. The zero-order valence-corrected chi connectivity index (χ0v) is 14.5. The molecule has 0 spiro atoms. The van der Waals surface area contributed by atoms with Crippen LogP contribution in [0.3, 0.4) is 0 Å². The molecule has 0 saturated heterocycles. The molecule has 27 heavy (non-hydrogen) atoms. The van der Waals surface area contributed by atoms with Crippen molar-refractivity contribution in [3.8, 4) is 39.7 Å². The Morgan fingerprint density at radius 1 is 0.926 bits per heavy atom. The summed E-state index contributed by atoms with van der Waals surface area (Å²) in [5.41, 5.74) is 1.24. The Kier molecular flexibility index (Phi) is 4.05. The normalized spacial score (nSPS) is 10.9. The molecular weight excluding hydrogens is 344 g/mol. The summed E-state index contributed by atoms with van der Waals surface area (Å²) in [4.78, 5) is 13.4. The van der Waals surface area contributed by atoms with Crippen LogP contribution in [0.4, 0.5) is 0 Å². The maximum Gasteiger partial charge on any atom is 0.205 e. The molecule has 1 heterocycles. The lowest BCUT2D eigenvalue weighted by molar-refractivity contribution is 0.416. The lowest BCUT2D eigenvalue weighted by Crippen LogP contribution is -2.08. The van der Waals surface area contributed by atoms with Crippen LogP contribution in [-0.4, -0.2) is 17.3 Å². The number of hydrogen-bond acceptors (Lipinski definition) is 5. The molecule has 0 aliphatic rings. The van der Waals surface area contributed by atoms with Gasteiger partial charge in [-0.05, 0) is 6.07 Å². The van der Waals surface area contributed by atoms with Crippen LogP contribution in [0.2, 0.25) is 0 Å². The minimum Gasteiger partial charge on any atom is -0.508 e. The van der Waals surface area contributed by atoms with Crippen LogP contribution < -0.4 is 10.2 Å². The molecule has 4 rings (SSSR count). The van der Waals surface area contributed by atoms with Crippen molar-refractivity contribution in [1.29, 1.82) is 0 Å². The van der Waals surface area contributed by atoms with Gasteiger partial charge in [-0.25, -0.2) is 0 Å². The first-order valence-electron chi connectivity index (χ1n) is 8.31. The van der Waals surface area contributed by atoms with Gasteiger partial charge < -0.3 is 19.4 Å². The first-order chi connectivity index (χ1) is 13.1. The number of para-hydroxylation sites is 1. The molecule has 0 amide bonds. The van der Waals surface area contributed by atoms with E-state index in [0.717, 1.165) is 6.07 Å². The van der Waals surface area contributed by atoms with Crippen molar-refractivity contribution in [2.24, 2.45) is 0 Å². The predicted molar refractivity (Wildman–Crippen MR) is 103 cm³/mol.